The summed E-state index contributed by atoms with van der Waals surface area (Å²) in [5.41, 5.74) is 0.783. The third kappa shape index (κ3) is 4.28. The second kappa shape index (κ2) is 6.45. The number of ether oxygens (including phenoxy) is 1. The number of carbonyl (C=O) groups is 1. The molecule has 22 heavy (non-hydrogen) atoms. The van der Waals surface area contributed by atoms with Crippen LogP contribution in [0.3, 0.4) is 0 Å². The lowest BCUT2D eigenvalue weighted by molar-refractivity contribution is 0.0293. The van der Waals surface area contributed by atoms with Gasteiger partial charge in [-0.3, -0.25) is 0 Å². The molecule has 0 radical (unpaired) electrons. The van der Waals surface area contributed by atoms with Gasteiger partial charge in [-0.05, 0) is 45.4 Å². The Morgan fingerprint density at radius 2 is 2.23 bits per heavy atom. The Morgan fingerprint density at radius 3 is 2.86 bits per heavy atom. The van der Waals surface area contributed by atoms with Gasteiger partial charge in [-0.1, -0.05) is 11.6 Å². The van der Waals surface area contributed by atoms with E-state index in [0.29, 0.717) is 23.7 Å². The van der Waals surface area contributed by atoms with Crippen molar-refractivity contribution in [3.05, 3.63) is 28.8 Å². The van der Waals surface area contributed by atoms with Gasteiger partial charge in [-0.25, -0.2) is 4.79 Å². The fraction of sp³-hybridized carbons (Fsp3) is 0.500. The molecule has 1 aliphatic rings. The highest BCUT2D eigenvalue weighted by atomic mass is 35.5. The molecule has 1 atom stereocenters. The third-order valence-corrected chi connectivity index (χ3v) is 3.63. The maximum absolute atomic E-state index is 12.0. The molecule has 0 aliphatic carbocycles. The van der Waals surface area contributed by atoms with Crippen molar-refractivity contribution in [3.63, 3.8) is 0 Å². The molecule has 118 valence electrons. The molecule has 2 rings (SSSR count). The molecule has 1 N–H and O–H groups in total. The number of rotatable bonds is 2. The number of halogens is 1. The van der Waals surface area contributed by atoms with Crippen LogP contribution in [0.2, 0.25) is 5.02 Å². The molecule has 1 saturated heterocycles. The second-order valence-electron chi connectivity index (χ2n) is 6.36. The third-order valence-electron chi connectivity index (χ3n) is 3.30. The summed E-state index contributed by atoms with van der Waals surface area (Å²) >= 11 is 5.92. The van der Waals surface area contributed by atoms with Gasteiger partial charge in [-0.15, -0.1) is 0 Å². The van der Waals surface area contributed by atoms with Gasteiger partial charge in [0.2, 0.25) is 0 Å². The number of nitrogens with one attached hydrogen (secondary N) is 1. The van der Waals surface area contributed by atoms with Gasteiger partial charge in [0, 0.05) is 24.8 Å². The molecule has 1 unspecified atom stereocenters. The van der Waals surface area contributed by atoms with Crippen molar-refractivity contribution in [2.75, 3.05) is 18.4 Å². The zero-order valence-electron chi connectivity index (χ0n) is 13.0. The average Bonchev–Trinajstić information content (AvgIpc) is 2.87. The largest absolute Gasteiger partial charge is 0.444 e. The Balaban J connectivity index is 1.94. The van der Waals surface area contributed by atoms with E-state index in [0.717, 1.165) is 12.1 Å². The van der Waals surface area contributed by atoms with Crippen molar-refractivity contribution >= 4 is 23.4 Å². The molecule has 1 amide bonds. The quantitative estimate of drug-likeness (QED) is 0.903. The summed E-state index contributed by atoms with van der Waals surface area (Å²) in [6, 6.07) is 7.45. The smallest absolute Gasteiger partial charge is 0.410 e. The maximum atomic E-state index is 12.0. The Morgan fingerprint density at radius 1 is 1.50 bits per heavy atom. The summed E-state index contributed by atoms with van der Waals surface area (Å²) in [6.07, 6.45) is 0.551. The molecule has 0 saturated carbocycles. The minimum Gasteiger partial charge on any atom is -0.444 e. The molecule has 1 aliphatic heterocycles. The molecule has 5 nitrogen and oxygen atoms in total. The van der Waals surface area contributed by atoms with E-state index in [2.05, 4.69) is 11.4 Å². The van der Waals surface area contributed by atoms with Crippen molar-refractivity contribution in [2.24, 2.45) is 0 Å². The van der Waals surface area contributed by atoms with Crippen LogP contribution < -0.4 is 5.32 Å². The molecule has 0 aromatic heterocycles. The number of nitrogens with zero attached hydrogens (tertiary/aromatic N) is 2. The predicted octanol–water partition coefficient (Wildman–Crippen LogP) is 3.63. The first-order valence-corrected chi connectivity index (χ1v) is 7.60. The normalized spacial score (nSPS) is 18.0. The van der Waals surface area contributed by atoms with E-state index < -0.39 is 5.60 Å². The zero-order chi connectivity index (χ0) is 16.3. The number of hydrogen-bond acceptors (Lipinski definition) is 4. The second-order valence-corrected chi connectivity index (χ2v) is 6.77. The molecular weight excluding hydrogens is 302 g/mol. The molecule has 1 heterocycles. The summed E-state index contributed by atoms with van der Waals surface area (Å²) < 4.78 is 5.37. The van der Waals surface area contributed by atoms with E-state index >= 15 is 0 Å². The first-order chi connectivity index (χ1) is 10.3. The Labute approximate surface area is 135 Å². The van der Waals surface area contributed by atoms with Crippen LogP contribution in [0.1, 0.15) is 32.8 Å². The van der Waals surface area contributed by atoms with Crippen LogP contribution in [0.15, 0.2) is 18.2 Å². The fourth-order valence-electron chi connectivity index (χ4n) is 2.31. The molecule has 1 fully saturated rings. The number of hydrogen-bond donors (Lipinski definition) is 1. The summed E-state index contributed by atoms with van der Waals surface area (Å²) in [5, 5.41) is 12.8. The summed E-state index contributed by atoms with van der Waals surface area (Å²) in [7, 11) is 0. The first-order valence-electron chi connectivity index (χ1n) is 7.22. The molecular formula is C16H20ClN3O2. The maximum Gasteiger partial charge on any atom is 0.410 e. The van der Waals surface area contributed by atoms with Gasteiger partial charge in [0.25, 0.3) is 0 Å². The van der Waals surface area contributed by atoms with Crippen molar-refractivity contribution < 1.29 is 9.53 Å². The number of carbonyl (C=O) groups excluding carboxylic acids is 1. The van der Waals surface area contributed by atoms with Crippen molar-refractivity contribution in [3.8, 4) is 6.07 Å². The van der Waals surface area contributed by atoms with Crippen LogP contribution in [-0.2, 0) is 4.74 Å². The van der Waals surface area contributed by atoms with Crippen LogP contribution in [0.4, 0.5) is 10.5 Å². The SMILES string of the molecule is CC(C)(C)OC(=O)N1CCC(Nc2ccc(Cl)c(C#N)c2)C1. The summed E-state index contributed by atoms with van der Waals surface area (Å²) in [6.45, 7) is 6.81. The van der Waals surface area contributed by atoms with E-state index in [-0.39, 0.29) is 12.1 Å². The van der Waals surface area contributed by atoms with Gasteiger partial charge < -0.3 is 15.0 Å². The van der Waals surface area contributed by atoms with E-state index in [1.165, 1.54) is 0 Å². The lowest BCUT2D eigenvalue weighted by atomic mass is 10.2. The van der Waals surface area contributed by atoms with Crippen molar-refractivity contribution in [1.29, 1.82) is 5.26 Å². The Kier molecular flexibility index (Phi) is 4.82. The van der Waals surface area contributed by atoms with E-state index in [1.807, 2.05) is 26.8 Å². The minimum absolute atomic E-state index is 0.139. The predicted molar refractivity (Wildman–Crippen MR) is 86.0 cm³/mol. The first kappa shape index (κ1) is 16.4. The molecule has 0 bridgehead atoms. The molecule has 1 aromatic rings. The van der Waals surface area contributed by atoms with Crippen LogP contribution >= 0.6 is 11.6 Å². The zero-order valence-corrected chi connectivity index (χ0v) is 13.8. The van der Waals surface area contributed by atoms with E-state index in [9.17, 15) is 4.79 Å². The number of anilines is 1. The molecule has 6 heteroatoms. The Bertz CT molecular complexity index is 604. The number of nitriles is 1. The molecule has 0 spiro atoms. The van der Waals surface area contributed by atoms with Gasteiger partial charge in [0.1, 0.15) is 11.7 Å². The monoisotopic (exact) mass is 321 g/mol. The molecule has 1 aromatic carbocycles. The van der Waals surface area contributed by atoms with Gasteiger partial charge in [0.05, 0.1) is 10.6 Å². The van der Waals surface area contributed by atoms with Gasteiger partial charge in [0.15, 0.2) is 0 Å². The van der Waals surface area contributed by atoms with Crippen molar-refractivity contribution in [2.45, 2.75) is 38.8 Å². The Hall–Kier alpha value is -1.93. The average molecular weight is 322 g/mol. The van der Waals surface area contributed by atoms with Crippen LogP contribution in [0, 0.1) is 11.3 Å². The fourth-order valence-corrected chi connectivity index (χ4v) is 2.47. The lowest BCUT2D eigenvalue weighted by Gasteiger charge is -2.24. The van der Waals surface area contributed by atoms with Crippen LogP contribution in [0.5, 0.6) is 0 Å². The standard InChI is InChI=1S/C16H20ClN3O2/c1-16(2,3)22-15(21)20-7-6-13(10-20)19-12-4-5-14(17)11(8-12)9-18/h4-5,8,13,19H,6-7,10H2,1-3H3. The highest BCUT2D eigenvalue weighted by Crippen LogP contribution is 2.23. The lowest BCUT2D eigenvalue weighted by Crippen LogP contribution is -2.36. The highest BCUT2D eigenvalue weighted by Gasteiger charge is 2.29. The van der Waals surface area contributed by atoms with Crippen molar-refractivity contribution in [1.82, 2.24) is 4.90 Å². The summed E-state index contributed by atoms with van der Waals surface area (Å²) in [4.78, 5) is 13.7. The van der Waals surface area contributed by atoms with E-state index in [1.54, 1.807) is 17.0 Å². The minimum atomic E-state index is -0.486. The number of benzene rings is 1. The number of likely N-dealkylation sites (tertiary alicyclic amines) is 1. The number of amides is 1. The topological polar surface area (TPSA) is 65.4 Å². The van der Waals surface area contributed by atoms with Crippen LogP contribution in [-0.4, -0.2) is 35.7 Å². The summed E-state index contributed by atoms with van der Waals surface area (Å²) in [5.74, 6) is 0. The van der Waals surface area contributed by atoms with Gasteiger partial charge >= 0.3 is 6.09 Å². The van der Waals surface area contributed by atoms with Crippen LogP contribution in [0.25, 0.3) is 0 Å². The highest BCUT2D eigenvalue weighted by molar-refractivity contribution is 6.31. The van der Waals surface area contributed by atoms with E-state index in [4.69, 9.17) is 21.6 Å². The van der Waals surface area contributed by atoms with Gasteiger partial charge in [-0.2, -0.15) is 5.26 Å².